The number of nitrogens with zero attached hydrogens (tertiary/aromatic N) is 1. The van der Waals surface area contributed by atoms with Crippen molar-refractivity contribution in [3.63, 3.8) is 0 Å². The van der Waals surface area contributed by atoms with Crippen molar-refractivity contribution in [1.82, 2.24) is 5.32 Å². The van der Waals surface area contributed by atoms with Crippen LogP contribution in [0.25, 0.3) is 0 Å². The molecule has 3 aromatic carbocycles. The minimum atomic E-state index is -0.319. The van der Waals surface area contributed by atoms with Gasteiger partial charge in [0.2, 0.25) is 5.91 Å². The molecule has 0 bridgehead atoms. The van der Waals surface area contributed by atoms with E-state index in [1.807, 2.05) is 37.3 Å². The molecule has 3 amide bonds. The zero-order valence-corrected chi connectivity index (χ0v) is 17.9. The van der Waals surface area contributed by atoms with Gasteiger partial charge in [-0.15, -0.1) is 0 Å². The summed E-state index contributed by atoms with van der Waals surface area (Å²) in [6, 6.07) is 23.4. The Morgan fingerprint density at radius 3 is 2.25 bits per heavy atom. The van der Waals surface area contributed by atoms with Crippen LogP contribution < -0.4 is 15.5 Å². The van der Waals surface area contributed by atoms with Crippen molar-refractivity contribution in [2.45, 2.75) is 25.8 Å². The molecule has 162 valence electrons. The molecule has 1 aliphatic heterocycles. The molecule has 1 saturated heterocycles. The van der Waals surface area contributed by atoms with E-state index in [4.69, 9.17) is 0 Å². The van der Waals surface area contributed by atoms with Crippen LogP contribution in [0.2, 0.25) is 0 Å². The van der Waals surface area contributed by atoms with Crippen LogP contribution >= 0.6 is 0 Å². The van der Waals surface area contributed by atoms with Gasteiger partial charge in [-0.1, -0.05) is 42.5 Å². The van der Waals surface area contributed by atoms with Crippen molar-refractivity contribution >= 4 is 29.1 Å². The largest absolute Gasteiger partial charge is 0.345 e. The highest BCUT2D eigenvalue weighted by molar-refractivity contribution is 6.09. The number of rotatable bonds is 6. The summed E-state index contributed by atoms with van der Waals surface area (Å²) in [4.78, 5) is 39.3. The van der Waals surface area contributed by atoms with Crippen molar-refractivity contribution in [2.24, 2.45) is 0 Å². The summed E-state index contributed by atoms with van der Waals surface area (Å²) in [7, 11) is 0. The number of amides is 3. The molecule has 0 aromatic heterocycles. The molecule has 2 N–H and O–H groups in total. The maximum atomic E-state index is 12.9. The Balaban J connectivity index is 1.46. The number of hydrogen-bond donors (Lipinski definition) is 2. The minimum Gasteiger partial charge on any atom is -0.345 e. The first-order valence-electron chi connectivity index (χ1n) is 10.7. The summed E-state index contributed by atoms with van der Waals surface area (Å²) in [5.74, 6) is -0.479. The summed E-state index contributed by atoms with van der Waals surface area (Å²) >= 11 is 0. The van der Waals surface area contributed by atoms with Crippen LogP contribution in [0.3, 0.4) is 0 Å². The fourth-order valence-corrected chi connectivity index (χ4v) is 3.80. The maximum absolute atomic E-state index is 12.9. The van der Waals surface area contributed by atoms with Gasteiger partial charge in [-0.3, -0.25) is 14.4 Å². The number of benzene rings is 3. The van der Waals surface area contributed by atoms with Gasteiger partial charge in [0.05, 0.1) is 17.3 Å². The van der Waals surface area contributed by atoms with Crippen LogP contribution in [0.5, 0.6) is 0 Å². The molecule has 6 nitrogen and oxygen atoms in total. The summed E-state index contributed by atoms with van der Waals surface area (Å²) in [6.45, 7) is 2.62. The summed E-state index contributed by atoms with van der Waals surface area (Å²) in [5, 5.41) is 5.82. The summed E-state index contributed by atoms with van der Waals surface area (Å²) in [6.07, 6.45) is 1.41. The van der Waals surface area contributed by atoms with E-state index in [9.17, 15) is 14.4 Å². The Bertz CT molecular complexity index is 1130. The number of para-hydroxylation sites is 1. The maximum Gasteiger partial charge on any atom is 0.255 e. The fraction of sp³-hybridized carbons (Fsp3) is 0.192. The Morgan fingerprint density at radius 1 is 0.875 bits per heavy atom. The highest BCUT2D eigenvalue weighted by atomic mass is 16.2. The van der Waals surface area contributed by atoms with Crippen molar-refractivity contribution < 1.29 is 14.4 Å². The van der Waals surface area contributed by atoms with Crippen LogP contribution in [0.4, 0.5) is 11.4 Å². The van der Waals surface area contributed by atoms with Gasteiger partial charge in [0.15, 0.2) is 0 Å². The molecule has 1 heterocycles. The predicted octanol–water partition coefficient (Wildman–Crippen LogP) is 4.56. The van der Waals surface area contributed by atoms with Crippen LogP contribution in [0, 0.1) is 0 Å². The SMILES string of the molecule is CC(NC(=O)c1ccccc1NC(=O)c1ccc(N2CCCC2=O)cc1)c1ccccc1. The molecule has 3 aromatic rings. The second-order valence-corrected chi connectivity index (χ2v) is 7.80. The van der Waals surface area contributed by atoms with Gasteiger partial charge in [0, 0.05) is 24.2 Å². The summed E-state index contributed by atoms with van der Waals surface area (Å²) in [5.41, 5.74) is 3.07. The van der Waals surface area contributed by atoms with Crippen molar-refractivity contribution in [1.29, 1.82) is 0 Å². The molecule has 6 heteroatoms. The Morgan fingerprint density at radius 2 is 1.56 bits per heavy atom. The smallest absolute Gasteiger partial charge is 0.255 e. The Labute approximate surface area is 187 Å². The van der Waals surface area contributed by atoms with Crippen LogP contribution in [-0.2, 0) is 4.79 Å². The highest BCUT2D eigenvalue weighted by Gasteiger charge is 2.22. The number of anilines is 2. The monoisotopic (exact) mass is 427 g/mol. The minimum absolute atomic E-state index is 0.104. The third-order valence-electron chi connectivity index (χ3n) is 5.58. The number of carbonyl (C=O) groups is 3. The molecule has 32 heavy (non-hydrogen) atoms. The molecule has 1 unspecified atom stereocenters. The predicted molar refractivity (Wildman–Crippen MR) is 125 cm³/mol. The van der Waals surface area contributed by atoms with E-state index in [1.54, 1.807) is 53.4 Å². The highest BCUT2D eigenvalue weighted by Crippen LogP contribution is 2.23. The van der Waals surface area contributed by atoms with E-state index in [1.165, 1.54) is 0 Å². The lowest BCUT2D eigenvalue weighted by Gasteiger charge is -2.17. The molecule has 1 fully saturated rings. The fourth-order valence-electron chi connectivity index (χ4n) is 3.80. The second-order valence-electron chi connectivity index (χ2n) is 7.80. The normalized spacial score (nSPS) is 14.2. The first-order chi connectivity index (χ1) is 15.5. The quantitative estimate of drug-likeness (QED) is 0.605. The number of hydrogen-bond acceptors (Lipinski definition) is 3. The standard InChI is InChI=1S/C26H25N3O3/c1-18(19-8-3-2-4-9-19)27-26(32)22-10-5-6-11-23(22)28-25(31)20-13-15-21(16-14-20)29-17-7-12-24(29)30/h2-6,8-11,13-16,18H,7,12,17H2,1H3,(H,27,32)(H,28,31). The molecule has 1 aliphatic rings. The zero-order chi connectivity index (χ0) is 22.5. The molecule has 1 atom stereocenters. The van der Waals surface area contributed by atoms with Crippen LogP contribution in [0.15, 0.2) is 78.9 Å². The molecule has 0 spiro atoms. The second kappa shape index (κ2) is 9.47. The van der Waals surface area contributed by atoms with Gasteiger partial charge in [-0.2, -0.15) is 0 Å². The average Bonchev–Trinajstić information content (AvgIpc) is 3.25. The van der Waals surface area contributed by atoms with Gasteiger partial charge in [-0.25, -0.2) is 0 Å². The number of carbonyl (C=O) groups excluding carboxylic acids is 3. The topological polar surface area (TPSA) is 78.5 Å². The molecule has 0 aliphatic carbocycles. The summed E-state index contributed by atoms with van der Waals surface area (Å²) < 4.78 is 0. The van der Waals surface area contributed by atoms with E-state index in [0.29, 0.717) is 29.8 Å². The third-order valence-corrected chi connectivity index (χ3v) is 5.58. The first kappa shape index (κ1) is 21.3. The van der Waals surface area contributed by atoms with Gasteiger partial charge < -0.3 is 15.5 Å². The van der Waals surface area contributed by atoms with E-state index in [2.05, 4.69) is 10.6 Å². The van der Waals surface area contributed by atoms with Crippen molar-refractivity contribution in [2.75, 3.05) is 16.8 Å². The van der Waals surface area contributed by atoms with Crippen molar-refractivity contribution in [3.8, 4) is 0 Å². The molecular weight excluding hydrogens is 402 g/mol. The van der Waals surface area contributed by atoms with Gasteiger partial charge >= 0.3 is 0 Å². The van der Waals surface area contributed by atoms with Gasteiger partial charge in [0.1, 0.15) is 0 Å². The zero-order valence-electron chi connectivity index (χ0n) is 17.9. The molecule has 0 radical (unpaired) electrons. The van der Waals surface area contributed by atoms with Gasteiger partial charge in [0.25, 0.3) is 11.8 Å². The lowest BCUT2D eigenvalue weighted by molar-refractivity contribution is -0.117. The Kier molecular flexibility index (Phi) is 6.31. The van der Waals surface area contributed by atoms with Crippen molar-refractivity contribution in [3.05, 3.63) is 95.6 Å². The number of nitrogens with one attached hydrogen (secondary N) is 2. The third kappa shape index (κ3) is 4.70. The average molecular weight is 428 g/mol. The lowest BCUT2D eigenvalue weighted by atomic mass is 10.1. The van der Waals surface area contributed by atoms with Crippen LogP contribution in [-0.4, -0.2) is 24.3 Å². The van der Waals surface area contributed by atoms with Crippen LogP contribution in [0.1, 0.15) is 52.1 Å². The van der Waals surface area contributed by atoms with E-state index in [0.717, 1.165) is 17.7 Å². The van der Waals surface area contributed by atoms with E-state index in [-0.39, 0.29) is 23.8 Å². The van der Waals surface area contributed by atoms with Gasteiger partial charge in [-0.05, 0) is 55.3 Å². The van der Waals surface area contributed by atoms with E-state index >= 15 is 0 Å². The molecule has 4 rings (SSSR count). The molecule has 0 saturated carbocycles. The first-order valence-corrected chi connectivity index (χ1v) is 10.7. The molecular formula is C26H25N3O3. The lowest BCUT2D eigenvalue weighted by Crippen LogP contribution is -2.28. The Hall–Kier alpha value is -3.93. The van der Waals surface area contributed by atoms with E-state index < -0.39 is 0 Å².